The molecule has 0 spiro atoms. The zero-order valence-corrected chi connectivity index (χ0v) is 22.9. The zero-order chi connectivity index (χ0) is 25.7. The van der Waals surface area contributed by atoms with Crippen molar-refractivity contribution in [3.8, 4) is 0 Å². The second-order valence-corrected chi connectivity index (χ2v) is 12.6. The van der Waals surface area contributed by atoms with Gasteiger partial charge in [-0.3, -0.25) is 4.79 Å². The van der Waals surface area contributed by atoms with Gasteiger partial charge in [0, 0.05) is 47.8 Å². The number of fused-ring (bicyclic) bond motifs is 1. The van der Waals surface area contributed by atoms with Gasteiger partial charge in [0.1, 0.15) is 5.82 Å². The van der Waals surface area contributed by atoms with Crippen molar-refractivity contribution in [2.75, 3.05) is 36.4 Å². The van der Waals surface area contributed by atoms with E-state index in [0.29, 0.717) is 34.5 Å². The lowest BCUT2D eigenvalue weighted by Gasteiger charge is -2.52. The fourth-order valence-electron chi connectivity index (χ4n) is 6.70. The van der Waals surface area contributed by atoms with E-state index >= 15 is 0 Å². The molecule has 0 bridgehead atoms. The molecule has 2 saturated heterocycles. The number of halogens is 2. The van der Waals surface area contributed by atoms with E-state index in [1.54, 1.807) is 6.07 Å². The van der Waals surface area contributed by atoms with Gasteiger partial charge < -0.3 is 20.2 Å². The van der Waals surface area contributed by atoms with Crippen LogP contribution < -0.4 is 10.2 Å². The number of carboxylic acids is 1. The predicted molar refractivity (Wildman–Crippen MR) is 147 cm³/mol. The van der Waals surface area contributed by atoms with Crippen LogP contribution in [0.5, 0.6) is 0 Å². The van der Waals surface area contributed by atoms with E-state index in [4.69, 9.17) is 33.2 Å². The minimum absolute atomic E-state index is 0.433. The van der Waals surface area contributed by atoms with Crippen molar-refractivity contribution in [2.24, 2.45) is 17.3 Å². The van der Waals surface area contributed by atoms with Crippen LogP contribution in [0.1, 0.15) is 55.8 Å². The third-order valence-electron chi connectivity index (χ3n) is 9.14. The number of aryl methyl sites for hydroxylation is 1. The van der Waals surface area contributed by atoms with E-state index in [-0.39, 0.29) is 0 Å². The zero-order valence-electron chi connectivity index (χ0n) is 21.3. The largest absolute Gasteiger partial charge is 0.481 e. The third-order valence-corrected chi connectivity index (χ3v) is 9.72. The van der Waals surface area contributed by atoms with Gasteiger partial charge in [-0.15, -0.1) is 0 Å². The minimum atomic E-state index is -0.647. The fraction of sp³-hybridized carbons (Fsp3) is 0.607. The van der Waals surface area contributed by atoms with E-state index in [0.717, 1.165) is 75.6 Å². The SMILES string of the molecule is CC1(C(=O)O)CC(N2CCCC(C3CN(c4nc5c(c(NCc6ccc(Cl)cc6Cl)n4)CCC5)C3)C2)C1. The summed E-state index contributed by atoms with van der Waals surface area (Å²) in [5, 5.41) is 14.3. The lowest BCUT2D eigenvalue weighted by atomic mass is 9.65. The van der Waals surface area contributed by atoms with Crippen LogP contribution in [0, 0.1) is 17.3 Å². The van der Waals surface area contributed by atoms with Gasteiger partial charge in [0.05, 0.1) is 11.1 Å². The Morgan fingerprint density at radius 2 is 1.95 bits per heavy atom. The van der Waals surface area contributed by atoms with Crippen LogP contribution >= 0.6 is 23.2 Å². The molecule has 0 radical (unpaired) electrons. The molecule has 3 heterocycles. The van der Waals surface area contributed by atoms with Crippen molar-refractivity contribution in [1.82, 2.24) is 14.9 Å². The average Bonchev–Trinajstić information content (AvgIpc) is 3.29. The lowest BCUT2D eigenvalue weighted by Crippen LogP contribution is -2.58. The second kappa shape index (κ2) is 9.90. The first-order valence-corrected chi connectivity index (χ1v) is 14.3. The van der Waals surface area contributed by atoms with Crippen molar-refractivity contribution >= 4 is 40.9 Å². The first-order chi connectivity index (χ1) is 17.8. The number of nitrogens with zero attached hydrogens (tertiary/aromatic N) is 4. The Labute approximate surface area is 228 Å². The minimum Gasteiger partial charge on any atom is -0.481 e. The van der Waals surface area contributed by atoms with E-state index in [1.165, 1.54) is 24.1 Å². The van der Waals surface area contributed by atoms with Crippen LogP contribution in [0.4, 0.5) is 11.8 Å². The smallest absolute Gasteiger partial charge is 0.309 e. The second-order valence-electron chi connectivity index (χ2n) is 11.7. The molecule has 2 N–H and O–H groups in total. The Morgan fingerprint density at radius 1 is 1.14 bits per heavy atom. The van der Waals surface area contributed by atoms with Crippen molar-refractivity contribution in [3.63, 3.8) is 0 Å². The summed E-state index contributed by atoms with van der Waals surface area (Å²) in [4.78, 5) is 26.3. The van der Waals surface area contributed by atoms with E-state index < -0.39 is 11.4 Å². The highest BCUT2D eigenvalue weighted by atomic mass is 35.5. The summed E-state index contributed by atoms with van der Waals surface area (Å²) in [6, 6.07) is 6.03. The van der Waals surface area contributed by atoms with Crippen molar-refractivity contribution < 1.29 is 9.90 Å². The van der Waals surface area contributed by atoms with Gasteiger partial charge in [-0.25, -0.2) is 4.98 Å². The summed E-state index contributed by atoms with van der Waals surface area (Å²) in [6.45, 7) is 6.68. The monoisotopic (exact) mass is 543 g/mol. The van der Waals surface area contributed by atoms with Gasteiger partial charge in [-0.05, 0) is 87.9 Å². The molecule has 7 nitrogen and oxygen atoms in total. The molecule has 37 heavy (non-hydrogen) atoms. The van der Waals surface area contributed by atoms with Gasteiger partial charge in [0.25, 0.3) is 0 Å². The molecule has 2 aromatic rings. The Bertz CT molecular complexity index is 1200. The molecule has 9 heteroatoms. The fourth-order valence-corrected chi connectivity index (χ4v) is 7.17. The number of benzene rings is 1. The quantitative estimate of drug-likeness (QED) is 0.491. The van der Waals surface area contributed by atoms with Gasteiger partial charge >= 0.3 is 5.97 Å². The molecule has 4 aliphatic rings. The summed E-state index contributed by atoms with van der Waals surface area (Å²) in [5.41, 5.74) is 2.88. The number of aliphatic carboxylic acids is 1. The van der Waals surface area contributed by atoms with Crippen molar-refractivity contribution in [1.29, 1.82) is 0 Å². The van der Waals surface area contributed by atoms with E-state index in [9.17, 15) is 9.90 Å². The molecule has 1 aromatic heterocycles. The van der Waals surface area contributed by atoms with Crippen LogP contribution in [-0.4, -0.2) is 58.2 Å². The maximum absolute atomic E-state index is 11.5. The summed E-state index contributed by atoms with van der Waals surface area (Å²) in [7, 11) is 0. The number of likely N-dealkylation sites (tertiary alicyclic amines) is 1. The highest BCUT2D eigenvalue weighted by Gasteiger charge is 2.49. The number of nitrogens with one attached hydrogen (secondary N) is 1. The Balaban J connectivity index is 1.08. The van der Waals surface area contributed by atoms with Crippen LogP contribution in [0.2, 0.25) is 10.0 Å². The van der Waals surface area contributed by atoms with Crippen LogP contribution in [0.15, 0.2) is 18.2 Å². The number of hydrogen-bond acceptors (Lipinski definition) is 6. The van der Waals surface area contributed by atoms with Crippen molar-refractivity contribution in [3.05, 3.63) is 45.1 Å². The predicted octanol–water partition coefficient (Wildman–Crippen LogP) is 5.29. The molecule has 1 atom stereocenters. The average molecular weight is 545 g/mol. The van der Waals surface area contributed by atoms with Gasteiger partial charge in [0.15, 0.2) is 0 Å². The number of rotatable bonds is 7. The Hall–Kier alpha value is -2.09. The molecule has 198 valence electrons. The molecule has 2 aliphatic heterocycles. The van der Waals surface area contributed by atoms with Gasteiger partial charge in [0.2, 0.25) is 5.95 Å². The highest BCUT2D eigenvalue weighted by Crippen LogP contribution is 2.45. The molecule has 6 rings (SSSR count). The first-order valence-electron chi connectivity index (χ1n) is 13.6. The topological polar surface area (TPSA) is 81.6 Å². The number of carboxylic acid groups (broad SMARTS) is 1. The number of carbonyl (C=O) groups is 1. The normalized spacial score (nSPS) is 27.9. The first kappa shape index (κ1) is 25.2. The Morgan fingerprint density at radius 3 is 2.70 bits per heavy atom. The molecule has 1 unspecified atom stereocenters. The van der Waals surface area contributed by atoms with Crippen molar-refractivity contribution in [2.45, 2.75) is 64.5 Å². The van der Waals surface area contributed by atoms with Gasteiger partial charge in [-0.2, -0.15) is 4.98 Å². The van der Waals surface area contributed by atoms with Gasteiger partial charge in [-0.1, -0.05) is 29.3 Å². The molecular weight excluding hydrogens is 509 g/mol. The molecule has 2 aliphatic carbocycles. The van der Waals surface area contributed by atoms with Crippen LogP contribution in [-0.2, 0) is 24.2 Å². The number of anilines is 2. The summed E-state index contributed by atoms with van der Waals surface area (Å²) >= 11 is 12.4. The summed E-state index contributed by atoms with van der Waals surface area (Å²) < 4.78 is 0. The number of piperidine rings is 1. The summed E-state index contributed by atoms with van der Waals surface area (Å²) in [5.74, 6) is 2.44. The lowest BCUT2D eigenvalue weighted by molar-refractivity contribution is -0.158. The number of aromatic nitrogens is 2. The molecule has 1 aromatic carbocycles. The third kappa shape index (κ3) is 4.90. The number of hydrogen-bond donors (Lipinski definition) is 2. The maximum atomic E-state index is 11.5. The van der Waals surface area contributed by atoms with E-state index in [1.807, 2.05) is 19.1 Å². The molecular formula is C28H35Cl2N5O2. The standard InChI is InChI=1S/C28H35Cl2N5O2/c1-28(26(36)37)11-21(12-28)34-9-3-4-18(14-34)19-15-35(16-19)27-32-24-6-2-5-22(24)25(33-27)31-13-17-7-8-20(29)10-23(17)30/h7-8,10,18-19,21H,2-6,9,11-16H2,1H3,(H,36,37)(H,31,32,33). The Kier molecular flexibility index (Phi) is 6.74. The maximum Gasteiger partial charge on any atom is 0.309 e. The summed E-state index contributed by atoms with van der Waals surface area (Å²) in [6.07, 6.45) is 7.17. The van der Waals surface area contributed by atoms with Crippen LogP contribution in [0.25, 0.3) is 0 Å². The highest BCUT2D eigenvalue weighted by molar-refractivity contribution is 6.35. The molecule has 3 fully saturated rings. The molecule has 1 saturated carbocycles. The van der Waals surface area contributed by atoms with E-state index in [2.05, 4.69) is 15.1 Å². The molecule has 0 amide bonds. The van der Waals surface area contributed by atoms with Crippen LogP contribution in [0.3, 0.4) is 0 Å².